The molecule has 7 N–H and O–H groups in total. The summed E-state index contributed by atoms with van der Waals surface area (Å²) in [5.74, 6) is 0. The summed E-state index contributed by atoms with van der Waals surface area (Å²) in [6, 6.07) is 0. The van der Waals surface area contributed by atoms with E-state index in [4.69, 9.17) is 26.4 Å². The first-order chi connectivity index (χ1) is 6.45. The van der Waals surface area contributed by atoms with Gasteiger partial charge in [0, 0.05) is 28.8 Å². The van der Waals surface area contributed by atoms with E-state index >= 15 is 0 Å². The van der Waals surface area contributed by atoms with E-state index in [1.54, 1.807) is 6.92 Å². The highest BCUT2D eigenvalue weighted by Gasteiger charge is 2.31. The largest absolute Gasteiger partial charge is 0.745 e. The van der Waals surface area contributed by atoms with Gasteiger partial charge in [0.25, 0.3) is 0 Å². The van der Waals surface area contributed by atoms with Crippen LogP contribution in [0, 0.1) is 0 Å². The Balaban J connectivity index is -0.000000147. The van der Waals surface area contributed by atoms with Crippen molar-refractivity contribution in [3.63, 3.8) is 0 Å². The Kier molecular flexibility index (Phi) is 26.1. The van der Waals surface area contributed by atoms with E-state index in [2.05, 4.69) is 4.31 Å². The highest BCUT2D eigenvalue weighted by atomic mass is 31.2. The Morgan fingerprint density at radius 2 is 1.36 bits per heavy atom. The summed E-state index contributed by atoms with van der Waals surface area (Å²) < 4.78 is 22.2. The van der Waals surface area contributed by atoms with Crippen LogP contribution >= 0.6 is 16.5 Å². The molecule has 0 fully saturated rings. The Bertz CT molecular complexity index is 132. The fraction of sp³-hybridized carbons (Fsp3) is 1.00. The molecule has 2 unspecified atom stereocenters. The predicted octanol–water partition coefficient (Wildman–Crippen LogP) is -0.795. The van der Waals surface area contributed by atoms with Gasteiger partial charge in [0.2, 0.25) is 0 Å². The lowest BCUT2D eigenvalue weighted by Gasteiger charge is -1.72. The summed E-state index contributed by atoms with van der Waals surface area (Å²) >= 11 is 0. The second-order valence-electron chi connectivity index (χ2n) is 1.45. The van der Waals surface area contributed by atoms with Gasteiger partial charge in [-0.1, -0.05) is 0 Å². The monoisotopic (exact) mass is 250 g/mol. The zero-order valence-corrected chi connectivity index (χ0v) is 9.53. The van der Waals surface area contributed by atoms with Crippen molar-refractivity contribution in [1.82, 2.24) is 0 Å². The molecule has 14 heavy (non-hydrogen) atoms. The molecule has 0 saturated carbocycles. The normalized spacial score (nSPS) is 10.1. The van der Waals surface area contributed by atoms with Crippen molar-refractivity contribution in [2.24, 2.45) is 11.5 Å². The summed E-state index contributed by atoms with van der Waals surface area (Å²) in [5.41, 5.74) is 9.81. The zero-order chi connectivity index (χ0) is 12.0. The van der Waals surface area contributed by atoms with E-state index in [1.807, 2.05) is 0 Å². The van der Waals surface area contributed by atoms with E-state index in [0.717, 1.165) is 0 Å². The van der Waals surface area contributed by atoms with Gasteiger partial charge in [-0.25, -0.2) is 0 Å². The van der Waals surface area contributed by atoms with E-state index in [0.29, 0.717) is 13.1 Å². The average molecular weight is 250 g/mol. The molecule has 0 aromatic carbocycles. The van der Waals surface area contributed by atoms with Crippen molar-refractivity contribution in [3.8, 4) is 0 Å². The van der Waals surface area contributed by atoms with Crippen LogP contribution < -0.4 is 11.5 Å². The maximum atomic E-state index is 9.39. The Morgan fingerprint density at radius 1 is 1.14 bits per heavy atom. The summed E-state index contributed by atoms with van der Waals surface area (Å²) in [7, 11) is -5.85. The fourth-order valence-electron chi connectivity index (χ4n) is 0.0598. The van der Waals surface area contributed by atoms with Gasteiger partial charge in [-0.3, -0.25) is 0 Å². The van der Waals surface area contributed by atoms with Crippen LogP contribution in [0.2, 0.25) is 0 Å². The third-order valence-electron chi connectivity index (χ3n) is 0.306. The van der Waals surface area contributed by atoms with Gasteiger partial charge < -0.3 is 16.6 Å². The smallest absolute Gasteiger partial charge is 0.397 e. The van der Waals surface area contributed by atoms with Crippen LogP contribution in [0.3, 0.4) is 0 Å². The molecule has 0 aliphatic rings. The summed E-state index contributed by atoms with van der Waals surface area (Å²) in [4.78, 5) is 15.3. The zero-order valence-electron chi connectivity index (χ0n) is 7.74. The maximum Gasteiger partial charge on any atom is 0.745 e. The molecule has 0 saturated heterocycles. The Morgan fingerprint density at radius 3 is 1.36 bits per heavy atom. The minimum Gasteiger partial charge on any atom is -0.397 e. The van der Waals surface area contributed by atoms with E-state index < -0.39 is 16.5 Å². The maximum absolute atomic E-state index is 9.39. The molecule has 86 valence electrons. The van der Waals surface area contributed by atoms with Crippen LogP contribution in [0.5, 0.6) is 0 Å². The molecular weight excluding hydrogens is 234 g/mol. The van der Waals surface area contributed by atoms with Gasteiger partial charge in [0.05, 0.1) is 0 Å². The number of rotatable bonds is 3. The van der Waals surface area contributed by atoms with Gasteiger partial charge in [0.1, 0.15) is 0 Å². The predicted molar refractivity (Wildman–Crippen MR) is 51.6 cm³/mol. The topological polar surface area (TPSA) is 156 Å². The second-order valence-corrected chi connectivity index (χ2v) is 3.06. The first kappa shape index (κ1) is 19.5. The summed E-state index contributed by atoms with van der Waals surface area (Å²) in [6.07, 6.45) is 0. The van der Waals surface area contributed by atoms with Crippen LogP contribution in [-0.2, 0) is 13.4 Å². The molecule has 8 nitrogen and oxygen atoms in total. The molecule has 0 aliphatic carbocycles. The van der Waals surface area contributed by atoms with Crippen LogP contribution in [0.4, 0.5) is 0 Å². The molecule has 10 heteroatoms. The van der Waals surface area contributed by atoms with Gasteiger partial charge in [-0.15, -0.1) is 9.79 Å². The molecule has 0 aromatic heterocycles. The molecule has 0 amide bonds. The minimum atomic E-state index is -2.92. The van der Waals surface area contributed by atoms with E-state index in [9.17, 15) is 9.13 Å². The molecule has 0 bridgehead atoms. The van der Waals surface area contributed by atoms with Gasteiger partial charge in [-0.2, -0.15) is 0 Å². The first-order valence-corrected chi connectivity index (χ1v) is 5.73. The van der Waals surface area contributed by atoms with Crippen molar-refractivity contribution in [2.75, 3.05) is 19.7 Å². The van der Waals surface area contributed by atoms with E-state index in [1.165, 1.54) is 0 Å². The van der Waals surface area contributed by atoms with Crippen LogP contribution in [0.1, 0.15) is 6.92 Å². The molecule has 0 radical (unpaired) electrons. The lowest BCUT2D eigenvalue weighted by molar-refractivity contribution is 0.318. The number of aliphatic hydroxyl groups is 1. The van der Waals surface area contributed by atoms with Crippen molar-refractivity contribution in [2.45, 2.75) is 6.92 Å². The number of nitrogens with two attached hydrogens (primary N) is 2. The molecular formula is C4H16N2O6P2+2. The molecule has 0 spiro atoms. The average Bonchev–Trinajstić information content (AvgIpc) is 2.04. The van der Waals surface area contributed by atoms with E-state index in [-0.39, 0.29) is 6.61 Å². The summed E-state index contributed by atoms with van der Waals surface area (Å²) in [5, 5.41) is 7.57. The van der Waals surface area contributed by atoms with Crippen molar-refractivity contribution < 1.29 is 28.3 Å². The molecule has 0 aliphatic heterocycles. The number of aliphatic hydroxyl groups excluding tert-OH is 1. The lowest BCUT2D eigenvalue weighted by Crippen LogP contribution is -2.11. The van der Waals surface area contributed by atoms with Crippen molar-refractivity contribution in [3.05, 3.63) is 0 Å². The Hall–Kier alpha value is -0.0400. The standard InChI is InChI=1S/C2H8N2.C2H6O.O5P2/c3-1-2-4;1-2-3;1-6(2)5-7(3)4/h1-4H2;3H,2H2,1H3;/p+2. The van der Waals surface area contributed by atoms with Crippen molar-refractivity contribution >= 4 is 16.5 Å². The third kappa shape index (κ3) is 58.4. The number of hydrogen-bond acceptors (Lipinski definition) is 6. The molecule has 0 aromatic rings. The minimum absolute atomic E-state index is 0.250. The molecule has 0 heterocycles. The van der Waals surface area contributed by atoms with Crippen LogP contribution in [0.15, 0.2) is 0 Å². The highest BCUT2D eigenvalue weighted by molar-refractivity contribution is 7.46. The SMILES string of the molecule is CCO.NCCN.O=[P+](O)O[P+](=O)O. The fourth-order valence-corrected chi connectivity index (χ4v) is 0.538. The third-order valence-corrected chi connectivity index (χ3v) is 1.42. The lowest BCUT2D eigenvalue weighted by atomic mass is 10.7. The van der Waals surface area contributed by atoms with Gasteiger partial charge in [0.15, 0.2) is 4.31 Å². The molecule has 0 rings (SSSR count). The number of hydrogen-bond donors (Lipinski definition) is 5. The van der Waals surface area contributed by atoms with Gasteiger partial charge in [-0.05, 0) is 6.92 Å². The van der Waals surface area contributed by atoms with Crippen LogP contribution in [0.25, 0.3) is 0 Å². The highest BCUT2D eigenvalue weighted by Crippen LogP contribution is 2.30. The molecule has 2 atom stereocenters. The quantitative estimate of drug-likeness (QED) is 0.407. The first-order valence-electron chi connectivity index (χ1n) is 3.47. The summed E-state index contributed by atoms with van der Waals surface area (Å²) in [6.45, 7) is 3.12. The second kappa shape index (κ2) is 18.7. The van der Waals surface area contributed by atoms with Gasteiger partial charge >= 0.3 is 16.5 Å². The van der Waals surface area contributed by atoms with Crippen molar-refractivity contribution in [1.29, 1.82) is 0 Å². The Labute approximate surface area is 83.8 Å². The van der Waals surface area contributed by atoms with Crippen LogP contribution in [-0.4, -0.2) is 34.6 Å².